The van der Waals surface area contributed by atoms with E-state index in [-0.39, 0.29) is 11.7 Å². The molecule has 3 aromatic carbocycles. The van der Waals surface area contributed by atoms with E-state index in [0.29, 0.717) is 21.7 Å². The predicted molar refractivity (Wildman–Crippen MR) is 109 cm³/mol. The molecule has 0 saturated carbocycles. The number of aryl methyl sites for hydroxylation is 1. The third-order valence-electron chi connectivity index (χ3n) is 3.87. The number of halogens is 1. The first-order valence-corrected chi connectivity index (χ1v) is 8.87. The fraction of sp³-hybridized carbons (Fsp3) is 0.0455. The summed E-state index contributed by atoms with van der Waals surface area (Å²) in [6.45, 7) is 1.94. The van der Waals surface area contributed by atoms with Crippen molar-refractivity contribution in [1.82, 2.24) is 5.43 Å². The van der Waals surface area contributed by atoms with Crippen molar-refractivity contribution in [3.8, 4) is 5.75 Å². The number of carbonyl (C=O) groups excluding carboxylic acids is 2. The van der Waals surface area contributed by atoms with Gasteiger partial charge in [0.05, 0.1) is 11.8 Å². The number of hydrogen-bond acceptors (Lipinski definition) is 4. The molecule has 1 N–H and O–H groups in total. The highest BCUT2D eigenvalue weighted by Crippen LogP contribution is 2.22. The van der Waals surface area contributed by atoms with Gasteiger partial charge in [-0.25, -0.2) is 10.2 Å². The van der Waals surface area contributed by atoms with E-state index in [2.05, 4.69) is 10.5 Å². The normalized spacial score (nSPS) is 10.6. The zero-order chi connectivity index (χ0) is 19.9. The van der Waals surface area contributed by atoms with Gasteiger partial charge in [0.15, 0.2) is 0 Å². The van der Waals surface area contributed by atoms with Crippen LogP contribution in [0.25, 0.3) is 0 Å². The van der Waals surface area contributed by atoms with Crippen LogP contribution in [0.4, 0.5) is 0 Å². The summed E-state index contributed by atoms with van der Waals surface area (Å²) in [7, 11) is 0. The summed E-state index contributed by atoms with van der Waals surface area (Å²) in [5.74, 6) is -0.561. The Morgan fingerprint density at radius 2 is 1.68 bits per heavy atom. The van der Waals surface area contributed by atoms with Gasteiger partial charge in [-0.3, -0.25) is 4.79 Å². The number of benzene rings is 3. The summed E-state index contributed by atoms with van der Waals surface area (Å²) >= 11 is 6.03. The summed E-state index contributed by atoms with van der Waals surface area (Å²) in [6.07, 6.45) is 1.38. The molecule has 0 aliphatic rings. The van der Waals surface area contributed by atoms with Gasteiger partial charge in [-0.2, -0.15) is 5.10 Å². The maximum Gasteiger partial charge on any atom is 0.343 e. The molecule has 3 rings (SSSR count). The second kappa shape index (κ2) is 8.97. The van der Waals surface area contributed by atoms with Gasteiger partial charge >= 0.3 is 5.97 Å². The first kappa shape index (κ1) is 19.3. The minimum Gasteiger partial charge on any atom is -0.422 e. The van der Waals surface area contributed by atoms with Crippen LogP contribution in [0.3, 0.4) is 0 Å². The number of hydrogen-bond donors (Lipinski definition) is 1. The number of amides is 1. The van der Waals surface area contributed by atoms with Crippen LogP contribution in [0.5, 0.6) is 5.75 Å². The lowest BCUT2D eigenvalue weighted by molar-refractivity contribution is 0.0734. The number of rotatable bonds is 5. The van der Waals surface area contributed by atoms with Crippen LogP contribution in [-0.2, 0) is 0 Å². The molecule has 0 aliphatic heterocycles. The van der Waals surface area contributed by atoms with Gasteiger partial charge in [-0.05, 0) is 49.4 Å². The molecule has 28 heavy (non-hydrogen) atoms. The van der Waals surface area contributed by atoms with Crippen molar-refractivity contribution < 1.29 is 14.3 Å². The topological polar surface area (TPSA) is 67.8 Å². The van der Waals surface area contributed by atoms with E-state index in [9.17, 15) is 9.59 Å². The maximum absolute atomic E-state index is 12.3. The van der Waals surface area contributed by atoms with Gasteiger partial charge in [0, 0.05) is 16.1 Å². The van der Waals surface area contributed by atoms with Crippen molar-refractivity contribution >= 4 is 29.7 Å². The predicted octanol–water partition coefficient (Wildman–Crippen LogP) is 4.63. The van der Waals surface area contributed by atoms with Crippen LogP contribution in [0.2, 0.25) is 5.02 Å². The second-order valence-corrected chi connectivity index (χ2v) is 6.44. The van der Waals surface area contributed by atoms with E-state index >= 15 is 0 Å². The minimum atomic E-state index is -0.499. The minimum absolute atomic E-state index is 0.284. The smallest absolute Gasteiger partial charge is 0.343 e. The lowest BCUT2D eigenvalue weighted by Gasteiger charge is -2.08. The van der Waals surface area contributed by atoms with E-state index in [1.165, 1.54) is 6.21 Å². The summed E-state index contributed by atoms with van der Waals surface area (Å²) in [5.41, 5.74) is 4.88. The lowest BCUT2D eigenvalue weighted by Crippen LogP contribution is -2.17. The number of hydrazone groups is 1. The Labute approximate surface area is 167 Å². The summed E-state index contributed by atoms with van der Waals surface area (Å²) in [6, 6.07) is 20.5. The third kappa shape index (κ3) is 5.05. The van der Waals surface area contributed by atoms with Crippen LogP contribution in [-0.4, -0.2) is 18.1 Å². The molecular formula is C22H17ClN2O3. The van der Waals surface area contributed by atoms with Gasteiger partial charge in [-0.1, -0.05) is 47.5 Å². The Bertz CT molecular complexity index is 1020. The van der Waals surface area contributed by atoms with Crippen LogP contribution in [0.1, 0.15) is 31.8 Å². The van der Waals surface area contributed by atoms with Crippen molar-refractivity contribution in [2.45, 2.75) is 6.92 Å². The number of esters is 1. The number of nitrogens with one attached hydrogen (secondary N) is 1. The average molecular weight is 393 g/mol. The van der Waals surface area contributed by atoms with Crippen molar-refractivity contribution in [3.63, 3.8) is 0 Å². The lowest BCUT2D eigenvalue weighted by atomic mass is 10.1. The second-order valence-electron chi connectivity index (χ2n) is 6.00. The molecule has 0 atom stereocenters. The van der Waals surface area contributed by atoms with Gasteiger partial charge in [0.25, 0.3) is 5.91 Å². The summed E-state index contributed by atoms with van der Waals surface area (Å²) < 4.78 is 5.44. The number of nitrogens with zero attached hydrogens (tertiary/aromatic N) is 1. The molecule has 0 aromatic heterocycles. The average Bonchev–Trinajstić information content (AvgIpc) is 2.71. The molecule has 3 aromatic rings. The van der Waals surface area contributed by atoms with E-state index in [1.54, 1.807) is 54.6 Å². The van der Waals surface area contributed by atoms with E-state index < -0.39 is 5.97 Å². The molecule has 140 valence electrons. The van der Waals surface area contributed by atoms with Crippen molar-refractivity contribution in [2.75, 3.05) is 0 Å². The van der Waals surface area contributed by atoms with E-state index in [1.807, 2.05) is 25.1 Å². The van der Waals surface area contributed by atoms with E-state index in [4.69, 9.17) is 16.3 Å². The monoisotopic (exact) mass is 392 g/mol. The maximum atomic E-state index is 12.3. The molecule has 0 bridgehead atoms. The zero-order valence-electron chi connectivity index (χ0n) is 15.1. The molecular weight excluding hydrogens is 376 g/mol. The van der Waals surface area contributed by atoms with E-state index in [0.717, 1.165) is 5.56 Å². The standard InChI is InChI=1S/C22H17ClN2O3/c1-15-7-9-16(10-8-15)21(26)25-24-14-18-13-19(23)11-12-20(18)28-22(27)17-5-3-2-4-6-17/h2-14H,1H3,(H,25,26)/b24-14+. The third-order valence-corrected chi connectivity index (χ3v) is 4.10. The SMILES string of the molecule is Cc1ccc(C(=O)N/N=C/c2cc(Cl)ccc2OC(=O)c2ccccc2)cc1. The molecule has 0 fully saturated rings. The van der Waals surface area contributed by atoms with Gasteiger partial charge in [0.2, 0.25) is 0 Å². The first-order valence-electron chi connectivity index (χ1n) is 8.50. The van der Waals surface area contributed by atoms with Crippen molar-refractivity contribution in [3.05, 3.63) is 100 Å². The van der Waals surface area contributed by atoms with Gasteiger partial charge in [-0.15, -0.1) is 0 Å². The van der Waals surface area contributed by atoms with Crippen LogP contribution >= 0.6 is 11.6 Å². The Morgan fingerprint density at radius 3 is 2.39 bits per heavy atom. The van der Waals surface area contributed by atoms with Crippen LogP contribution < -0.4 is 10.2 Å². The molecule has 0 radical (unpaired) electrons. The Morgan fingerprint density at radius 1 is 0.964 bits per heavy atom. The molecule has 0 aliphatic carbocycles. The highest BCUT2D eigenvalue weighted by molar-refractivity contribution is 6.31. The molecule has 6 heteroatoms. The Balaban J connectivity index is 1.73. The van der Waals surface area contributed by atoms with Crippen LogP contribution in [0, 0.1) is 6.92 Å². The largest absolute Gasteiger partial charge is 0.422 e. The summed E-state index contributed by atoms with van der Waals surface area (Å²) in [5, 5.41) is 4.40. The Kier molecular flexibility index (Phi) is 6.19. The number of carbonyl (C=O) groups is 2. The van der Waals surface area contributed by atoms with Crippen molar-refractivity contribution in [1.29, 1.82) is 0 Å². The molecule has 0 spiro atoms. The van der Waals surface area contributed by atoms with Crippen LogP contribution in [0.15, 0.2) is 77.9 Å². The fourth-order valence-corrected chi connectivity index (χ4v) is 2.56. The molecule has 0 saturated heterocycles. The van der Waals surface area contributed by atoms with Gasteiger partial charge < -0.3 is 4.74 Å². The van der Waals surface area contributed by atoms with Gasteiger partial charge in [0.1, 0.15) is 5.75 Å². The Hall–Kier alpha value is -3.44. The summed E-state index contributed by atoms with van der Waals surface area (Å²) in [4.78, 5) is 24.4. The highest BCUT2D eigenvalue weighted by atomic mass is 35.5. The fourth-order valence-electron chi connectivity index (χ4n) is 2.38. The number of ether oxygens (including phenoxy) is 1. The molecule has 1 amide bonds. The molecule has 0 unspecified atom stereocenters. The zero-order valence-corrected chi connectivity index (χ0v) is 15.8. The quantitative estimate of drug-likeness (QED) is 0.298. The molecule has 0 heterocycles. The van der Waals surface area contributed by atoms with Crippen molar-refractivity contribution in [2.24, 2.45) is 5.10 Å². The first-order chi connectivity index (χ1) is 13.5. The molecule has 5 nitrogen and oxygen atoms in total. The highest BCUT2D eigenvalue weighted by Gasteiger charge is 2.11.